The number of likely N-dealkylation sites (N-methyl/N-ethyl adjacent to an activating group) is 1. The molecule has 0 aromatic heterocycles. The normalized spacial score (nSPS) is 17.7. The van der Waals surface area contributed by atoms with E-state index >= 15 is 0 Å². The number of aryl methyl sites for hydroxylation is 1. The van der Waals surface area contributed by atoms with Crippen molar-refractivity contribution < 1.29 is 14.3 Å². The van der Waals surface area contributed by atoms with Crippen LogP contribution < -0.4 is 0 Å². The van der Waals surface area contributed by atoms with E-state index in [2.05, 4.69) is 19.1 Å². The molecule has 2 rings (SSSR count). The predicted octanol–water partition coefficient (Wildman–Crippen LogP) is 4.13. The number of ether oxygens (including phenoxy) is 1. The molecule has 2 amide bonds. The second-order valence-electron chi connectivity index (χ2n) is 7.96. The summed E-state index contributed by atoms with van der Waals surface area (Å²) >= 11 is 0. The summed E-state index contributed by atoms with van der Waals surface area (Å²) < 4.78 is 5.52. The number of rotatable bonds is 4. The van der Waals surface area contributed by atoms with Crippen LogP contribution >= 0.6 is 0 Å². The van der Waals surface area contributed by atoms with Crippen LogP contribution in [0.1, 0.15) is 58.1 Å². The average molecular weight is 360 g/mol. The number of carbonyl (C=O) groups is 2. The van der Waals surface area contributed by atoms with Gasteiger partial charge in [-0.05, 0) is 65.0 Å². The summed E-state index contributed by atoms with van der Waals surface area (Å²) in [4.78, 5) is 29.3. The van der Waals surface area contributed by atoms with Crippen molar-refractivity contribution in [1.82, 2.24) is 9.80 Å². The van der Waals surface area contributed by atoms with Crippen LogP contribution in [0.5, 0.6) is 0 Å². The maximum atomic E-state index is 13.2. The van der Waals surface area contributed by atoms with Crippen molar-refractivity contribution in [2.45, 2.75) is 72.1 Å². The number of hydrogen-bond acceptors (Lipinski definition) is 3. The zero-order valence-electron chi connectivity index (χ0n) is 16.7. The Morgan fingerprint density at radius 3 is 2.54 bits per heavy atom. The molecule has 0 spiro atoms. The molecular weight excluding hydrogens is 328 g/mol. The summed E-state index contributed by atoms with van der Waals surface area (Å²) in [5, 5.41) is 0. The number of hydrogen-bond donors (Lipinski definition) is 0. The van der Waals surface area contributed by atoms with Crippen molar-refractivity contribution in [3.8, 4) is 0 Å². The standard InChI is InChI=1S/C21H32N2O3/c1-6-22(15-17-12-8-7-11-16(17)2)19(24)18-13-9-10-14-23(18)20(25)26-21(3,4)5/h7-8,11-12,18H,6,9-10,13-15H2,1-5H3/t18-/m1/s1. The third-order valence-electron chi connectivity index (χ3n) is 4.73. The molecule has 1 atom stereocenters. The fraction of sp³-hybridized carbons (Fsp3) is 0.619. The van der Waals surface area contributed by atoms with E-state index in [1.54, 1.807) is 4.90 Å². The molecule has 144 valence electrons. The van der Waals surface area contributed by atoms with Crippen LogP contribution in [0.4, 0.5) is 4.79 Å². The highest BCUT2D eigenvalue weighted by atomic mass is 16.6. The maximum Gasteiger partial charge on any atom is 0.410 e. The van der Waals surface area contributed by atoms with E-state index in [9.17, 15) is 9.59 Å². The topological polar surface area (TPSA) is 49.9 Å². The van der Waals surface area contributed by atoms with Crippen LogP contribution in [0.2, 0.25) is 0 Å². The maximum absolute atomic E-state index is 13.2. The number of benzene rings is 1. The first-order valence-electron chi connectivity index (χ1n) is 9.56. The Balaban J connectivity index is 2.15. The summed E-state index contributed by atoms with van der Waals surface area (Å²) in [5.41, 5.74) is 1.75. The number of carbonyl (C=O) groups excluding carboxylic acids is 2. The first-order chi connectivity index (χ1) is 12.2. The van der Waals surface area contributed by atoms with Crippen molar-refractivity contribution in [3.63, 3.8) is 0 Å². The molecule has 1 aliphatic rings. The second kappa shape index (κ2) is 8.56. The van der Waals surface area contributed by atoms with Gasteiger partial charge in [-0.1, -0.05) is 24.3 Å². The van der Waals surface area contributed by atoms with Gasteiger partial charge in [-0.15, -0.1) is 0 Å². The van der Waals surface area contributed by atoms with Crippen LogP contribution in [-0.4, -0.2) is 46.5 Å². The molecule has 0 N–H and O–H groups in total. The van der Waals surface area contributed by atoms with Gasteiger partial charge in [0.15, 0.2) is 0 Å². The monoisotopic (exact) mass is 360 g/mol. The SMILES string of the molecule is CCN(Cc1ccccc1C)C(=O)[C@H]1CCCCN1C(=O)OC(C)(C)C. The van der Waals surface area contributed by atoms with Crippen LogP contribution in [-0.2, 0) is 16.1 Å². The van der Waals surface area contributed by atoms with Gasteiger partial charge in [0.1, 0.15) is 11.6 Å². The summed E-state index contributed by atoms with van der Waals surface area (Å²) in [6.07, 6.45) is 2.18. The second-order valence-corrected chi connectivity index (χ2v) is 7.96. The molecule has 26 heavy (non-hydrogen) atoms. The van der Waals surface area contributed by atoms with E-state index in [1.165, 1.54) is 5.56 Å². The lowest BCUT2D eigenvalue weighted by atomic mass is 10.0. The minimum atomic E-state index is -0.562. The quantitative estimate of drug-likeness (QED) is 0.811. The Labute approximate surface area is 157 Å². The largest absolute Gasteiger partial charge is 0.444 e. The van der Waals surface area contributed by atoms with Gasteiger partial charge in [-0.3, -0.25) is 9.69 Å². The molecule has 0 unspecified atom stereocenters. The van der Waals surface area contributed by atoms with Gasteiger partial charge >= 0.3 is 6.09 Å². The molecule has 1 aromatic carbocycles. The van der Waals surface area contributed by atoms with Crippen LogP contribution in [0.15, 0.2) is 24.3 Å². The Morgan fingerprint density at radius 1 is 1.23 bits per heavy atom. The Morgan fingerprint density at radius 2 is 1.92 bits per heavy atom. The lowest BCUT2D eigenvalue weighted by Gasteiger charge is -2.38. The van der Waals surface area contributed by atoms with Gasteiger partial charge in [-0.25, -0.2) is 4.79 Å². The minimum absolute atomic E-state index is 0.0151. The van der Waals surface area contributed by atoms with E-state index in [-0.39, 0.29) is 12.0 Å². The lowest BCUT2D eigenvalue weighted by Crippen LogP contribution is -2.53. The molecule has 0 radical (unpaired) electrons. The van der Waals surface area contributed by atoms with Gasteiger partial charge in [0, 0.05) is 19.6 Å². The van der Waals surface area contributed by atoms with Gasteiger partial charge in [0.25, 0.3) is 0 Å². The number of likely N-dealkylation sites (tertiary alicyclic amines) is 1. The smallest absolute Gasteiger partial charge is 0.410 e. The Bertz CT molecular complexity index is 636. The molecule has 1 heterocycles. The van der Waals surface area contributed by atoms with Crippen molar-refractivity contribution in [2.24, 2.45) is 0 Å². The van der Waals surface area contributed by atoms with Crippen LogP contribution in [0.3, 0.4) is 0 Å². The Kier molecular flexibility index (Phi) is 6.68. The molecule has 1 aromatic rings. The number of amides is 2. The molecule has 1 saturated heterocycles. The van der Waals surface area contributed by atoms with E-state index in [1.807, 2.05) is 44.7 Å². The molecule has 5 nitrogen and oxygen atoms in total. The van der Waals surface area contributed by atoms with Gasteiger partial charge < -0.3 is 9.64 Å². The minimum Gasteiger partial charge on any atom is -0.444 e. The molecule has 1 fully saturated rings. The number of piperidine rings is 1. The number of nitrogens with zero attached hydrogens (tertiary/aromatic N) is 2. The van der Waals surface area contributed by atoms with Crippen LogP contribution in [0.25, 0.3) is 0 Å². The zero-order valence-corrected chi connectivity index (χ0v) is 16.7. The van der Waals surface area contributed by atoms with Crippen LogP contribution in [0, 0.1) is 6.92 Å². The van der Waals surface area contributed by atoms with Gasteiger partial charge in [0.05, 0.1) is 0 Å². The Hall–Kier alpha value is -2.04. The van der Waals surface area contributed by atoms with E-state index < -0.39 is 11.6 Å². The zero-order chi connectivity index (χ0) is 19.3. The van der Waals surface area contributed by atoms with E-state index in [4.69, 9.17) is 4.74 Å². The highest BCUT2D eigenvalue weighted by Crippen LogP contribution is 2.23. The van der Waals surface area contributed by atoms with Crippen molar-refractivity contribution in [3.05, 3.63) is 35.4 Å². The van der Waals surface area contributed by atoms with Gasteiger partial charge in [-0.2, -0.15) is 0 Å². The third-order valence-corrected chi connectivity index (χ3v) is 4.73. The molecule has 1 aliphatic heterocycles. The first-order valence-corrected chi connectivity index (χ1v) is 9.56. The van der Waals surface area contributed by atoms with Gasteiger partial charge in [0.2, 0.25) is 5.91 Å². The summed E-state index contributed by atoms with van der Waals surface area (Å²) in [7, 11) is 0. The first kappa shape index (κ1) is 20.3. The van der Waals surface area contributed by atoms with E-state index in [0.717, 1.165) is 18.4 Å². The summed E-state index contributed by atoms with van der Waals surface area (Å²) in [6.45, 7) is 11.4. The highest BCUT2D eigenvalue weighted by Gasteiger charge is 2.36. The molecule has 0 bridgehead atoms. The summed E-state index contributed by atoms with van der Waals surface area (Å²) in [6, 6.07) is 7.68. The molecule has 5 heteroatoms. The van der Waals surface area contributed by atoms with Crippen molar-refractivity contribution in [1.29, 1.82) is 0 Å². The van der Waals surface area contributed by atoms with Crippen molar-refractivity contribution >= 4 is 12.0 Å². The average Bonchev–Trinajstić information content (AvgIpc) is 2.59. The predicted molar refractivity (Wildman–Crippen MR) is 103 cm³/mol. The molecular formula is C21H32N2O3. The molecule has 0 saturated carbocycles. The summed E-state index contributed by atoms with van der Waals surface area (Å²) in [5.74, 6) is 0.0151. The fourth-order valence-corrected chi connectivity index (χ4v) is 3.28. The highest BCUT2D eigenvalue weighted by molar-refractivity contribution is 5.86. The molecule has 0 aliphatic carbocycles. The fourth-order valence-electron chi connectivity index (χ4n) is 3.28. The van der Waals surface area contributed by atoms with E-state index in [0.29, 0.717) is 26.1 Å². The van der Waals surface area contributed by atoms with Crippen molar-refractivity contribution in [2.75, 3.05) is 13.1 Å². The third kappa shape index (κ3) is 5.23. The lowest BCUT2D eigenvalue weighted by molar-refractivity contribution is -0.138.